The number of hydrogen-bond donors (Lipinski definition) is 4. The molecule has 228 valence electrons. The number of esters is 1. The van der Waals surface area contributed by atoms with E-state index in [1.165, 1.54) is 12.0 Å². The third kappa shape index (κ3) is 15.6. The molecule has 0 radical (unpaired) electrons. The summed E-state index contributed by atoms with van der Waals surface area (Å²) in [6.45, 7) is 18.9. The minimum absolute atomic E-state index is 0.0630. The Morgan fingerprint density at radius 3 is 1.79 bits per heavy atom. The third-order valence-corrected chi connectivity index (χ3v) is 5.72. The monoisotopic (exact) mass is 558 g/mol. The predicted octanol–water partition coefficient (Wildman–Crippen LogP) is 3.44. The highest BCUT2D eigenvalue weighted by Crippen LogP contribution is 2.13. The fraction of sp³-hybridized carbons (Fsp3) is 0.857. The summed E-state index contributed by atoms with van der Waals surface area (Å²) < 4.78 is 10.2. The first kappa shape index (κ1) is 36.4. The smallest absolute Gasteiger partial charge is 0.407 e. The highest BCUT2D eigenvalue weighted by molar-refractivity contribution is 5.90. The standard InChI is InChI=1S/C28H54N4O7/c1-12-20(31-27(37)39-28(8,9)10)23(33)16-32(15-19(6)7)26(36)30-21(13-17(2)3)24(34)29-22(14-18(4)5)25(35)38-11/h17-23,33H,12-16H2,1-11H3,(H,29,34)(H,30,36)(H,31,37)/t20-,21-,22-,23+/m0/s1. The van der Waals surface area contributed by atoms with E-state index in [1.54, 1.807) is 20.8 Å². The van der Waals surface area contributed by atoms with Crippen LogP contribution in [0.2, 0.25) is 0 Å². The Hall–Kier alpha value is -2.56. The van der Waals surface area contributed by atoms with Crippen LogP contribution in [0.3, 0.4) is 0 Å². The van der Waals surface area contributed by atoms with Crippen molar-refractivity contribution in [3.05, 3.63) is 0 Å². The van der Waals surface area contributed by atoms with E-state index in [2.05, 4.69) is 16.0 Å². The van der Waals surface area contributed by atoms with Crippen LogP contribution >= 0.6 is 0 Å². The normalized spacial score (nSPS) is 14.8. The molecule has 0 aliphatic heterocycles. The molecule has 0 fully saturated rings. The predicted molar refractivity (Wildman–Crippen MR) is 151 cm³/mol. The van der Waals surface area contributed by atoms with Crippen molar-refractivity contribution in [3.8, 4) is 0 Å². The summed E-state index contributed by atoms with van der Waals surface area (Å²) in [7, 11) is 1.27. The van der Waals surface area contributed by atoms with E-state index in [0.29, 0.717) is 25.8 Å². The van der Waals surface area contributed by atoms with Crippen LogP contribution in [0.25, 0.3) is 0 Å². The van der Waals surface area contributed by atoms with Gasteiger partial charge in [-0.05, 0) is 57.8 Å². The number of aliphatic hydroxyl groups is 1. The number of ether oxygens (including phenoxy) is 2. The molecular weight excluding hydrogens is 504 g/mol. The molecule has 0 aromatic rings. The summed E-state index contributed by atoms with van der Waals surface area (Å²) >= 11 is 0. The number of carbonyl (C=O) groups is 4. The third-order valence-electron chi connectivity index (χ3n) is 5.72. The number of hydrogen-bond acceptors (Lipinski definition) is 7. The maximum Gasteiger partial charge on any atom is 0.407 e. The first-order valence-corrected chi connectivity index (χ1v) is 14.0. The number of nitrogens with zero attached hydrogens (tertiary/aromatic N) is 1. The molecule has 39 heavy (non-hydrogen) atoms. The SMILES string of the molecule is CC[C@H](NC(=O)OC(C)(C)C)[C@H](O)CN(CC(C)C)C(=O)N[C@@H](CC(C)C)C(=O)N[C@@H](CC(C)C)C(=O)OC. The summed E-state index contributed by atoms with van der Waals surface area (Å²) in [5.41, 5.74) is -0.690. The number of urea groups is 1. The van der Waals surface area contributed by atoms with Gasteiger partial charge in [-0.2, -0.15) is 0 Å². The Morgan fingerprint density at radius 2 is 1.36 bits per heavy atom. The molecule has 0 saturated heterocycles. The zero-order chi connectivity index (χ0) is 30.5. The Morgan fingerprint density at radius 1 is 0.821 bits per heavy atom. The highest BCUT2D eigenvalue weighted by Gasteiger charge is 2.31. The van der Waals surface area contributed by atoms with Crippen molar-refractivity contribution in [2.45, 2.75) is 118 Å². The Labute approximate surface area is 235 Å². The molecule has 0 heterocycles. The van der Waals surface area contributed by atoms with Gasteiger partial charge in [0.15, 0.2) is 0 Å². The van der Waals surface area contributed by atoms with Gasteiger partial charge < -0.3 is 35.4 Å². The van der Waals surface area contributed by atoms with Gasteiger partial charge in [-0.3, -0.25) is 4.79 Å². The molecule has 4 amide bonds. The molecule has 4 N–H and O–H groups in total. The van der Waals surface area contributed by atoms with Crippen LogP contribution in [-0.2, 0) is 19.1 Å². The minimum atomic E-state index is -1.07. The Kier molecular flexibility index (Phi) is 16.1. The molecule has 0 aromatic carbocycles. The number of nitrogens with one attached hydrogen (secondary N) is 3. The summed E-state index contributed by atoms with van der Waals surface area (Å²) in [5.74, 6) is -0.727. The van der Waals surface area contributed by atoms with Crippen molar-refractivity contribution in [1.82, 2.24) is 20.9 Å². The van der Waals surface area contributed by atoms with Gasteiger partial charge in [0.05, 0.1) is 25.8 Å². The molecule has 0 aromatic heterocycles. The summed E-state index contributed by atoms with van der Waals surface area (Å²) in [5, 5.41) is 19.2. The average Bonchev–Trinajstić information content (AvgIpc) is 2.78. The van der Waals surface area contributed by atoms with E-state index in [0.717, 1.165) is 0 Å². The van der Waals surface area contributed by atoms with Crippen LogP contribution in [0.5, 0.6) is 0 Å². The van der Waals surface area contributed by atoms with Gasteiger partial charge in [0, 0.05) is 6.54 Å². The number of aliphatic hydroxyl groups excluding tert-OH is 1. The number of carbonyl (C=O) groups excluding carboxylic acids is 4. The minimum Gasteiger partial charge on any atom is -0.467 e. The topological polar surface area (TPSA) is 146 Å². The first-order valence-electron chi connectivity index (χ1n) is 14.0. The second-order valence-electron chi connectivity index (χ2n) is 12.4. The fourth-order valence-corrected chi connectivity index (χ4v) is 4.01. The number of methoxy groups -OCH3 is 1. The van der Waals surface area contributed by atoms with Gasteiger partial charge in [-0.25, -0.2) is 14.4 Å². The van der Waals surface area contributed by atoms with E-state index in [1.807, 2.05) is 48.5 Å². The molecule has 11 nitrogen and oxygen atoms in total. The molecule has 11 heteroatoms. The van der Waals surface area contributed by atoms with Crippen LogP contribution in [0.1, 0.15) is 88.5 Å². The largest absolute Gasteiger partial charge is 0.467 e. The van der Waals surface area contributed by atoms with Crippen LogP contribution in [0.15, 0.2) is 0 Å². The van der Waals surface area contributed by atoms with Crippen molar-refractivity contribution in [2.75, 3.05) is 20.2 Å². The van der Waals surface area contributed by atoms with Crippen LogP contribution in [-0.4, -0.2) is 84.0 Å². The van der Waals surface area contributed by atoms with E-state index in [9.17, 15) is 24.3 Å². The maximum atomic E-state index is 13.4. The molecule has 0 bridgehead atoms. The molecule has 0 aliphatic carbocycles. The van der Waals surface area contributed by atoms with Crippen molar-refractivity contribution < 1.29 is 33.8 Å². The van der Waals surface area contributed by atoms with Gasteiger partial charge in [0.1, 0.15) is 17.7 Å². The van der Waals surface area contributed by atoms with Gasteiger partial charge in [0.25, 0.3) is 0 Å². The Balaban J connectivity index is 5.69. The van der Waals surface area contributed by atoms with Gasteiger partial charge in [-0.1, -0.05) is 48.5 Å². The molecule has 0 rings (SSSR count). The van der Waals surface area contributed by atoms with Crippen LogP contribution in [0, 0.1) is 17.8 Å². The van der Waals surface area contributed by atoms with Crippen molar-refractivity contribution in [2.24, 2.45) is 17.8 Å². The van der Waals surface area contributed by atoms with E-state index in [4.69, 9.17) is 9.47 Å². The second-order valence-corrected chi connectivity index (χ2v) is 12.4. The molecule has 0 saturated carbocycles. The summed E-state index contributed by atoms with van der Waals surface area (Å²) in [4.78, 5) is 52.6. The number of rotatable bonds is 15. The van der Waals surface area contributed by atoms with E-state index < -0.39 is 53.8 Å². The zero-order valence-electron chi connectivity index (χ0n) is 25.9. The van der Waals surface area contributed by atoms with E-state index in [-0.39, 0.29) is 24.3 Å². The number of alkyl carbamates (subject to hydrolysis) is 1. The molecule has 0 aliphatic rings. The lowest BCUT2D eigenvalue weighted by molar-refractivity contribution is -0.145. The molecule has 4 atom stereocenters. The number of amides is 4. The first-order chi connectivity index (χ1) is 17.9. The van der Waals surface area contributed by atoms with Crippen LogP contribution in [0.4, 0.5) is 9.59 Å². The molecule has 0 spiro atoms. The maximum absolute atomic E-state index is 13.4. The summed E-state index contributed by atoms with van der Waals surface area (Å²) in [6, 6.07) is -2.89. The van der Waals surface area contributed by atoms with Gasteiger partial charge >= 0.3 is 18.1 Å². The molecular formula is C28H54N4O7. The lowest BCUT2D eigenvalue weighted by Gasteiger charge is -2.32. The lowest BCUT2D eigenvalue weighted by Crippen LogP contribution is -2.57. The zero-order valence-corrected chi connectivity index (χ0v) is 25.9. The molecule has 0 unspecified atom stereocenters. The van der Waals surface area contributed by atoms with Crippen molar-refractivity contribution in [3.63, 3.8) is 0 Å². The lowest BCUT2D eigenvalue weighted by atomic mass is 10.0. The fourth-order valence-electron chi connectivity index (χ4n) is 4.01. The Bertz CT molecular complexity index is 780. The van der Waals surface area contributed by atoms with Gasteiger partial charge in [0.2, 0.25) is 5.91 Å². The van der Waals surface area contributed by atoms with Crippen molar-refractivity contribution >= 4 is 24.0 Å². The van der Waals surface area contributed by atoms with Gasteiger partial charge in [-0.15, -0.1) is 0 Å². The van der Waals surface area contributed by atoms with Crippen molar-refractivity contribution in [1.29, 1.82) is 0 Å². The highest BCUT2D eigenvalue weighted by atomic mass is 16.6. The summed E-state index contributed by atoms with van der Waals surface area (Å²) in [6.07, 6.45) is -0.554. The van der Waals surface area contributed by atoms with Crippen LogP contribution < -0.4 is 16.0 Å². The van der Waals surface area contributed by atoms with E-state index >= 15 is 0 Å². The quantitative estimate of drug-likeness (QED) is 0.225. The average molecular weight is 559 g/mol. The second kappa shape index (κ2) is 17.2.